The number of anilines is 1. The first-order valence-corrected chi connectivity index (χ1v) is 14.6. The summed E-state index contributed by atoms with van der Waals surface area (Å²) >= 11 is 0. The maximum atomic E-state index is 13.7. The fourth-order valence-electron chi connectivity index (χ4n) is 5.65. The largest absolute Gasteiger partial charge is 0.497 e. The van der Waals surface area contributed by atoms with Crippen molar-refractivity contribution >= 4 is 16.0 Å². The minimum Gasteiger partial charge on any atom is -0.497 e. The minimum atomic E-state index is -3.69. The second-order valence-electron chi connectivity index (χ2n) is 10.0. The smallest absolute Gasteiger partial charge is 0.243 e. The molecule has 9 nitrogen and oxygen atoms in total. The molecule has 2 aliphatic rings. The van der Waals surface area contributed by atoms with Gasteiger partial charge in [0.2, 0.25) is 21.9 Å². The summed E-state index contributed by atoms with van der Waals surface area (Å²) in [5, 5.41) is 0. The van der Waals surface area contributed by atoms with E-state index in [4.69, 9.17) is 14.5 Å². The molecule has 2 saturated heterocycles. The zero-order chi connectivity index (χ0) is 26.7. The van der Waals surface area contributed by atoms with Crippen LogP contribution in [-0.2, 0) is 16.4 Å². The monoisotopic (exact) mass is 537 g/mol. The van der Waals surface area contributed by atoms with E-state index in [0.29, 0.717) is 40.1 Å². The molecule has 38 heavy (non-hydrogen) atoms. The van der Waals surface area contributed by atoms with Gasteiger partial charge in [0.15, 0.2) is 0 Å². The van der Waals surface area contributed by atoms with E-state index in [0.717, 1.165) is 44.3 Å². The third-order valence-electron chi connectivity index (χ3n) is 7.41. The lowest BCUT2D eigenvalue weighted by molar-refractivity contribution is 0.225. The predicted molar refractivity (Wildman–Crippen MR) is 145 cm³/mol. The van der Waals surface area contributed by atoms with Crippen molar-refractivity contribution in [3.63, 3.8) is 0 Å². The third kappa shape index (κ3) is 5.47. The molecular formula is C28H35N5O4S. The number of benzene rings is 1. The standard InChI is InChI=1S/C28H35N5O4S/c1-20-16-25(36-3)17-21(2)27(20)38(34,35)33-15-7-10-24(33)19-37-26-11-13-30-28(31-26)32-14-6-9-23(32)18-22-8-4-5-12-29-22/h4-5,8,11-13,16-17,23-24H,6-7,9-10,14-15,18-19H2,1-3H3/t23?,24-/m1/s1. The maximum Gasteiger partial charge on any atom is 0.243 e. The van der Waals surface area contributed by atoms with Gasteiger partial charge in [-0.1, -0.05) is 6.07 Å². The quantitative estimate of drug-likeness (QED) is 0.405. The Morgan fingerprint density at radius 2 is 1.74 bits per heavy atom. The van der Waals surface area contributed by atoms with Crippen molar-refractivity contribution in [1.29, 1.82) is 0 Å². The minimum absolute atomic E-state index is 0.237. The van der Waals surface area contributed by atoms with Gasteiger partial charge in [-0.05, 0) is 74.9 Å². The first-order chi connectivity index (χ1) is 18.4. The Kier molecular flexibility index (Phi) is 7.80. The summed E-state index contributed by atoms with van der Waals surface area (Å²) in [5.41, 5.74) is 2.42. The highest BCUT2D eigenvalue weighted by molar-refractivity contribution is 7.89. The molecular weight excluding hydrogens is 502 g/mol. The van der Waals surface area contributed by atoms with Crippen LogP contribution in [0.2, 0.25) is 0 Å². The van der Waals surface area contributed by atoms with Gasteiger partial charge in [-0.25, -0.2) is 13.4 Å². The van der Waals surface area contributed by atoms with E-state index in [-0.39, 0.29) is 18.7 Å². The van der Waals surface area contributed by atoms with Crippen molar-refractivity contribution < 1.29 is 17.9 Å². The van der Waals surface area contributed by atoms with Crippen LogP contribution >= 0.6 is 0 Å². The van der Waals surface area contributed by atoms with Crippen molar-refractivity contribution in [3.05, 3.63) is 65.6 Å². The molecule has 2 atom stereocenters. The van der Waals surface area contributed by atoms with Crippen LogP contribution in [0.25, 0.3) is 0 Å². The third-order valence-corrected chi connectivity index (χ3v) is 9.66. The summed E-state index contributed by atoms with van der Waals surface area (Å²) in [6, 6.07) is 11.3. The molecule has 2 aliphatic heterocycles. The molecule has 1 unspecified atom stereocenters. The average molecular weight is 538 g/mol. The molecule has 3 aromatic rings. The van der Waals surface area contributed by atoms with Gasteiger partial charge >= 0.3 is 0 Å². The highest BCUT2D eigenvalue weighted by Gasteiger charge is 2.37. The molecule has 4 heterocycles. The lowest BCUT2D eigenvalue weighted by Crippen LogP contribution is -2.39. The first-order valence-electron chi connectivity index (χ1n) is 13.2. The van der Waals surface area contributed by atoms with Crippen LogP contribution in [0.4, 0.5) is 5.95 Å². The summed E-state index contributed by atoms with van der Waals surface area (Å²) in [6.07, 6.45) is 8.04. The number of methoxy groups -OCH3 is 1. The van der Waals surface area contributed by atoms with Crippen molar-refractivity contribution in [2.24, 2.45) is 0 Å². The highest BCUT2D eigenvalue weighted by atomic mass is 32.2. The van der Waals surface area contributed by atoms with E-state index < -0.39 is 10.0 Å². The molecule has 0 spiro atoms. The van der Waals surface area contributed by atoms with Gasteiger partial charge in [0, 0.05) is 49.7 Å². The zero-order valence-electron chi connectivity index (χ0n) is 22.2. The van der Waals surface area contributed by atoms with E-state index >= 15 is 0 Å². The molecule has 1 aromatic carbocycles. The van der Waals surface area contributed by atoms with Gasteiger partial charge in [0.1, 0.15) is 12.4 Å². The van der Waals surface area contributed by atoms with Crippen LogP contribution in [0.1, 0.15) is 42.5 Å². The summed E-state index contributed by atoms with van der Waals surface area (Å²) in [5.74, 6) is 1.75. The summed E-state index contributed by atoms with van der Waals surface area (Å²) in [7, 11) is -2.10. The average Bonchev–Trinajstić information content (AvgIpc) is 3.58. The van der Waals surface area contributed by atoms with Crippen LogP contribution in [0.3, 0.4) is 0 Å². The summed E-state index contributed by atoms with van der Waals surface area (Å²) in [6.45, 7) is 5.22. The van der Waals surface area contributed by atoms with E-state index in [9.17, 15) is 8.42 Å². The van der Waals surface area contributed by atoms with Crippen molar-refractivity contribution in [2.45, 2.75) is 62.9 Å². The van der Waals surface area contributed by atoms with Gasteiger partial charge in [-0.3, -0.25) is 4.98 Å². The molecule has 202 valence electrons. The molecule has 0 N–H and O–H groups in total. The van der Waals surface area contributed by atoms with E-state index in [1.54, 1.807) is 35.8 Å². The summed E-state index contributed by atoms with van der Waals surface area (Å²) < 4.78 is 40.4. The van der Waals surface area contributed by atoms with Crippen LogP contribution < -0.4 is 14.4 Å². The topological polar surface area (TPSA) is 97.8 Å². The Labute approximate surface area is 224 Å². The number of hydrogen-bond acceptors (Lipinski definition) is 8. The molecule has 2 aromatic heterocycles. The van der Waals surface area contributed by atoms with E-state index in [2.05, 4.69) is 14.9 Å². The fraction of sp³-hybridized carbons (Fsp3) is 0.464. The number of rotatable bonds is 9. The summed E-state index contributed by atoms with van der Waals surface area (Å²) in [4.78, 5) is 16.3. The van der Waals surface area contributed by atoms with Gasteiger partial charge in [-0.15, -0.1) is 0 Å². The second-order valence-corrected chi connectivity index (χ2v) is 11.9. The number of nitrogens with zero attached hydrogens (tertiary/aromatic N) is 5. The van der Waals surface area contributed by atoms with Crippen LogP contribution in [-0.4, -0.2) is 66.6 Å². The Morgan fingerprint density at radius 1 is 0.974 bits per heavy atom. The number of aryl methyl sites for hydroxylation is 2. The Bertz CT molecular complexity index is 1350. The number of ether oxygens (including phenoxy) is 2. The van der Waals surface area contributed by atoms with Crippen LogP contribution in [0, 0.1) is 13.8 Å². The number of aromatic nitrogens is 3. The lowest BCUT2D eigenvalue weighted by Gasteiger charge is -2.26. The molecule has 0 amide bonds. The maximum absolute atomic E-state index is 13.7. The number of pyridine rings is 1. The molecule has 0 saturated carbocycles. The first kappa shape index (κ1) is 26.4. The number of sulfonamides is 1. The van der Waals surface area contributed by atoms with E-state index in [1.807, 2.05) is 38.2 Å². The van der Waals surface area contributed by atoms with Crippen molar-refractivity contribution in [2.75, 3.05) is 31.7 Å². The lowest BCUT2D eigenvalue weighted by atomic mass is 10.1. The molecule has 0 radical (unpaired) electrons. The van der Waals surface area contributed by atoms with Crippen molar-refractivity contribution in [1.82, 2.24) is 19.3 Å². The fourth-order valence-corrected chi connectivity index (χ4v) is 7.74. The SMILES string of the molecule is COc1cc(C)c(S(=O)(=O)N2CCC[C@@H]2COc2ccnc(N3CCCC3Cc3ccccn3)n2)c(C)c1. The number of hydrogen-bond donors (Lipinski definition) is 0. The van der Waals surface area contributed by atoms with Crippen molar-refractivity contribution in [3.8, 4) is 11.6 Å². The molecule has 0 bridgehead atoms. The highest BCUT2D eigenvalue weighted by Crippen LogP contribution is 2.33. The van der Waals surface area contributed by atoms with Gasteiger partial charge in [0.25, 0.3) is 0 Å². The zero-order valence-corrected chi connectivity index (χ0v) is 23.0. The van der Waals surface area contributed by atoms with Gasteiger partial charge in [0.05, 0.1) is 18.0 Å². The predicted octanol–water partition coefficient (Wildman–Crippen LogP) is 3.94. The molecule has 0 aliphatic carbocycles. The van der Waals surface area contributed by atoms with Gasteiger partial charge in [-0.2, -0.15) is 9.29 Å². The molecule has 2 fully saturated rings. The Balaban J connectivity index is 1.28. The van der Waals surface area contributed by atoms with E-state index in [1.165, 1.54) is 0 Å². The molecule has 5 rings (SSSR count). The Morgan fingerprint density at radius 3 is 2.47 bits per heavy atom. The van der Waals surface area contributed by atoms with Gasteiger partial charge < -0.3 is 14.4 Å². The van der Waals surface area contributed by atoms with Crippen LogP contribution in [0.5, 0.6) is 11.6 Å². The normalized spacial score (nSPS) is 20.1. The second kappa shape index (κ2) is 11.2. The van der Waals surface area contributed by atoms with Crippen LogP contribution in [0.15, 0.2) is 53.7 Å². The molecule has 10 heteroatoms. The Hall–Kier alpha value is -3.24.